The molecule has 0 fully saturated rings. The van der Waals surface area contributed by atoms with Gasteiger partial charge in [0.05, 0.1) is 6.54 Å². The number of fused-ring (bicyclic) bond motifs is 1. The van der Waals surface area contributed by atoms with Gasteiger partial charge in [-0.05, 0) is 23.3 Å². The van der Waals surface area contributed by atoms with Gasteiger partial charge in [-0.15, -0.1) is 0 Å². The average molecular weight is 255 g/mol. The highest BCUT2D eigenvalue weighted by Gasteiger charge is 2.08. The molecular weight excluding hydrogens is 238 g/mol. The first-order valence-electron chi connectivity index (χ1n) is 6.49. The molecule has 0 saturated heterocycles. The SMILES string of the molecule is CCCC(=O)NCC(=O)c1ccc2ccccc2c1. The van der Waals surface area contributed by atoms with Gasteiger partial charge in [-0.1, -0.05) is 43.3 Å². The van der Waals surface area contributed by atoms with Crippen molar-refractivity contribution < 1.29 is 9.59 Å². The first kappa shape index (κ1) is 13.3. The zero-order valence-corrected chi connectivity index (χ0v) is 11.0. The van der Waals surface area contributed by atoms with Crippen molar-refractivity contribution in [3.05, 3.63) is 48.0 Å². The molecule has 0 radical (unpaired) electrons. The van der Waals surface area contributed by atoms with E-state index in [0.717, 1.165) is 17.2 Å². The van der Waals surface area contributed by atoms with Crippen molar-refractivity contribution in [3.8, 4) is 0 Å². The van der Waals surface area contributed by atoms with Crippen LogP contribution in [0.3, 0.4) is 0 Å². The van der Waals surface area contributed by atoms with Gasteiger partial charge in [-0.2, -0.15) is 0 Å². The third kappa shape index (κ3) is 3.41. The fourth-order valence-electron chi connectivity index (χ4n) is 1.96. The molecule has 0 atom stereocenters. The van der Waals surface area contributed by atoms with Crippen LogP contribution in [0.15, 0.2) is 42.5 Å². The van der Waals surface area contributed by atoms with E-state index < -0.39 is 0 Å². The number of rotatable bonds is 5. The van der Waals surface area contributed by atoms with Gasteiger partial charge in [0.2, 0.25) is 5.91 Å². The number of carbonyl (C=O) groups excluding carboxylic acids is 2. The fraction of sp³-hybridized carbons (Fsp3) is 0.250. The van der Waals surface area contributed by atoms with Gasteiger partial charge in [0, 0.05) is 12.0 Å². The lowest BCUT2D eigenvalue weighted by Crippen LogP contribution is -2.29. The van der Waals surface area contributed by atoms with Crippen LogP contribution in [-0.4, -0.2) is 18.2 Å². The number of amides is 1. The van der Waals surface area contributed by atoms with Crippen molar-refractivity contribution in [2.45, 2.75) is 19.8 Å². The first-order chi connectivity index (χ1) is 9.20. The Morgan fingerprint density at radius 3 is 2.53 bits per heavy atom. The molecule has 0 saturated carbocycles. The molecule has 0 spiro atoms. The summed E-state index contributed by atoms with van der Waals surface area (Å²) in [6.45, 7) is 2.00. The highest BCUT2D eigenvalue weighted by atomic mass is 16.2. The second-order valence-corrected chi connectivity index (χ2v) is 4.51. The van der Waals surface area contributed by atoms with Crippen LogP contribution in [0.1, 0.15) is 30.1 Å². The molecule has 19 heavy (non-hydrogen) atoms. The van der Waals surface area contributed by atoms with E-state index in [1.54, 1.807) is 6.07 Å². The molecule has 0 unspecified atom stereocenters. The zero-order valence-electron chi connectivity index (χ0n) is 11.0. The monoisotopic (exact) mass is 255 g/mol. The van der Waals surface area contributed by atoms with Crippen LogP contribution >= 0.6 is 0 Å². The highest BCUT2D eigenvalue weighted by molar-refractivity contribution is 6.02. The molecule has 3 nitrogen and oxygen atoms in total. The van der Waals surface area contributed by atoms with Crippen LogP contribution in [0.5, 0.6) is 0 Å². The van der Waals surface area contributed by atoms with Gasteiger partial charge in [0.25, 0.3) is 0 Å². The third-order valence-corrected chi connectivity index (χ3v) is 2.99. The van der Waals surface area contributed by atoms with Gasteiger partial charge < -0.3 is 5.32 Å². The van der Waals surface area contributed by atoms with Crippen LogP contribution in [0.4, 0.5) is 0 Å². The molecule has 0 aliphatic heterocycles. The Kier molecular flexibility index (Phi) is 4.29. The maximum atomic E-state index is 12.0. The molecule has 3 heteroatoms. The highest BCUT2D eigenvalue weighted by Crippen LogP contribution is 2.15. The number of benzene rings is 2. The Morgan fingerprint density at radius 2 is 1.79 bits per heavy atom. The minimum atomic E-state index is -0.0726. The topological polar surface area (TPSA) is 46.2 Å². The summed E-state index contributed by atoms with van der Waals surface area (Å²) >= 11 is 0. The summed E-state index contributed by atoms with van der Waals surface area (Å²) in [5.41, 5.74) is 0.635. The van der Waals surface area contributed by atoms with E-state index >= 15 is 0 Å². The van der Waals surface area contributed by atoms with Crippen molar-refractivity contribution in [2.75, 3.05) is 6.54 Å². The van der Waals surface area contributed by atoms with E-state index in [1.807, 2.05) is 43.3 Å². The molecule has 2 aromatic rings. The maximum Gasteiger partial charge on any atom is 0.220 e. The van der Waals surface area contributed by atoms with E-state index in [9.17, 15) is 9.59 Å². The predicted octanol–water partition coefficient (Wildman–Crippen LogP) is 2.94. The number of hydrogen-bond donors (Lipinski definition) is 1. The van der Waals surface area contributed by atoms with Crippen molar-refractivity contribution >= 4 is 22.5 Å². The molecule has 98 valence electrons. The number of Topliss-reactive ketones (excluding diaryl/α,β-unsaturated/α-hetero) is 1. The second-order valence-electron chi connectivity index (χ2n) is 4.51. The smallest absolute Gasteiger partial charge is 0.220 e. The van der Waals surface area contributed by atoms with Crippen molar-refractivity contribution in [3.63, 3.8) is 0 Å². The summed E-state index contributed by atoms with van der Waals surface area (Å²) in [5, 5.41) is 4.78. The Bertz CT molecular complexity index is 604. The van der Waals surface area contributed by atoms with Crippen LogP contribution in [0.2, 0.25) is 0 Å². The number of ketones is 1. The predicted molar refractivity (Wildman–Crippen MR) is 76.2 cm³/mol. The van der Waals surface area contributed by atoms with Crippen molar-refractivity contribution in [2.24, 2.45) is 0 Å². The molecule has 1 amide bonds. The molecule has 0 aromatic heterocycles. The molecule has 1 N–H and O–H groups in total. The van der Waals surface area contributed by atoms with Crippen LogP contribution in [0, 0.1) is 0 Å². The van der Waals surface area contributed by atoms with Crippen molar-refractivity contribution in [1.29, 1.82) is 0 Å². The average Bonchev–Trinajstić information content (AvgIpc) is 2.44. The molecule has 0 bridgehead atoms. The molecule has 2 rings (SSSR count). The Labute approximate surface area is 112 Å². The Morgan fingerprint density at radius 1 is 1.05 bits per heavy atom. The van der Waals surface area contributed by atoms with E-state index in [-0.39, 0.29) is 18.2 Å². The van der Waals surface area contributed by atoms with Crippen LogP contribution in [-0.2, 0) is 4.79 Å². The standard InChI is InChI=1S/C16H17NO2/c1-2-5-16(19)17-11-15(18)14-9-8-12-6-3-4-7-13(12)10-14/h3-4,6-10H,2,5,11H2,1H3,(H,17,19). The summed E-state index contributed by atoms with van der Waals surface area (Å²) in [6.07, 6.45) is 1.25. The largest absolute Gasteiger partial charge is 0.349 e. The van der Waals surface area contributed by atoms with Gasteiger partial charge in [0.15, 0.2) is 5.78 Å². The lowest BCUT2D eigenvalue weighted by atomic mass is 10.0. The summed E-state index contributed by atoms with van der Waals surface area (Å²) < 4.78 is 0. The normalized spacial score (nSPS) is 10.4. The number of nitrogens with one attached hydrogen (secondary N) is 1. The third-order valence-electron chi connectivity index (χ3n) is 2.99. The minimum Gasteiger partial charge on any atom is -0.349 e. The van der Waals surface area contributed by atoms with Gasteiger partial charge in [-0.25, -0.2) is 0 Å². The Balaban J connectivity index is 2.07. The van der Waals surface area contributed by atoms with E-state index in [4.69, 9.17) is 0 Å². The number of carbonyl (C=O) groups is 2. The van der Waals surface area contributed by atoms with Gasteiger partial charge in [0.1, 0.15) is 0 Å². The van der Waals surface area contributed by atoms with E-state index in [0.29, 0.717) is 12.0 Å². The Hall–Kier alpha value is -2.16. The van der Waals surface area contributed by atoms with Crippen LogP contribution < -0.4 is 5.32 Å². The minimum absolute atomic E-state index is 0.0600. The molecule has 0 aliphatic carbocycles. The maximum absolute atomic E-state index is 12.0. The molecule has 0 heterocycles. The summed E-state index contributed by atoms with van der Waals surface area (Å²) in [6, 6.07) is 13.5. The van der Waals surface area contributed by atoms with Crippen molar-refractivity contribution in [1.82, 2.24) is 5.32 Å². The van der Waals surface area contributed by atoms with Gasteiger partial charge >= 0.3 is 0 Å². The first-order valence-corrected chi connectivity index (χ1v) is 6.49. The lowest BCUT2D eigenvalue weighted by Gasteiger charge is -2.05. The lowest BCUT2D eigenvalue weighted by molar-refractivity contribution is -0.120. The summed E-state index contributed by atoms with van der Waals surface area (Å²) in [7, 11) is 0. The molecular formula is C16H17NO2. The molecule has 0 aliphatic rings. The van der Waals surface area contributed by atoms with E-state index in [2.05, 4.69) is 5.32 Å². The number of hydrogen-bond acceptors (Lipinski definition) is 2. The van der Waals surface area contributed by atoms with Crippen LogP contribution in [0.25, 0.3) is 10.8 Å². The van der Waals surface area contributed by atoms with E-state index in [1.165, 1.54) is 0 Å². The van der Waals surface area contributed by atoms with Gasteiger partial charge in [-0.3, -0.25) is 9.59 Å². The molecule has 2 aromatic carbocycles. The zero-order chi connectivity index (χ0) is 13.7. The summed E-state index contributed by atoms with van der Waals surface area (Å²) in [4.78, 5) is 23.3. The fourth-order valence-corrected chi connectivity index (χ4v) is 1.96. The second kappa shape index (κ2) is 6.14. The summed E-state index contributed by atoms with van der Waals surface area (Å²) in [5.74, 6) is -0.133. The quantitative estimate of drug-likeness (QED) is 0.835.